The van der Waals surface area contributed by atoms with Crippen LogP contribution in [0.15, 0.2) is 53.0 Å². The fourth-order valence-electron chi connectivity index (χ4n) is 2.45. The van der Waals surface area contributed by atoms with Crippen molar-refractivity contribution in [1.82, 2.24) is 5.32 Å². The van der Waals surface area contributed by atoms with E-state index in [9.17, 15) is 9.59 Å². The zero-order valence-electron chi connectivity index (χ0n) is 14.3. The van der Waals surface area contributed by atoms with Crippen LogP contribution in [-0.2, 0) is 22.6 Å². The predicted molar refractivity (Wildman–Crippen MR) is 104 cm³/mol. The molecule has 0 saturated carbocycles. The summed E-state index contributed by atoms with van der Waals surface area (Å²) in [4.78, 5) is 23.7. The van der Waals surface area contributed by atoms with Crippen LogP contribution >= 0.6 is 15.9 Å². The van der Waals surface area contributed by atoms with Crippen LogP contribution in [0.1, 0.15) is 37.3 Å². The highest BCUT2D eigenvalue weighted by Gasteiger charge is 2.06. The molecular weight excluding hydrogens is 380 g/mol. The van der Waals surface area contributed by atoms with Gasteiger partial charge in [-0.3, -0.25) is 9.59 Å². The number of carbonyl (C=O) groups is 2. The average Bonchev–Trinajstić information content (AvgIpc) is 2.60. The minimum Gasteiger partial charge on any atom is -0.352 e. The van der Waals surface area contributed by atoms with E-state index in [1.165, 1.54) is 0 Å². The van der Waals surface area contributed by atoms with Crippen molar-refractivity contribution in [2.45, 2.75) is 39.2 Å². The molecule has 0 saturated heterocycles. The van der Waals surface area contributed by atoms with E-state index in [0.29, 0.717) is 25.8 Å². The van der Waals surface area contributed by atoms with Crippen LogP contribution in [0.4, 0.5) is 5.69 Å². The molecule has 0 aromatic heterocycles. The van der Waals surface area contributed by atoms with Gasteiger partial charge in [0.2, 0.25) is 11.8 Å². The topological polar surface area (TPSA) is 58.2 Å². The first-order valence-electron chi connectivity index (χ1n) is 8.47. The average molecular weight is 403 g/mol. The molecule has 0 aliphatic carbocycles. The lowest BCUT2D eigenvalue weighted by molar-refractivity contribution is -0.121. The van der Waals surface area contributed by atoms with Gasteiger partial charge in [0, 0.05) is 29.5 Å². The van der Waals surface area contributed by atoms with Crippen molar-refractivity contribution in [1.29, 1.82) is 0 Å². The third-order valence-corrected chi connectivity index (χ3v) is 4.53. The fraction of sp³-hybridized carbons (Fsp3) is 0.300. The molecule has 4 nitrogen and oxygen atoms in total. The third-order valence-electron chi connectivity index (χ3n) is 3.76. The monoisotopic (exact) mass is 402 g/mol. The summed E-state index contributed by atoms with van der Waals surface area (Å²) in [5.74, 6) is 0.0216. The maximum absolute atomic E-state index is 12.1. The Labute approximate surface area is 157 Å². The Balaban J connectivity index is 1.81. The Bertz CT molecular complexity index is 731. The summed E-state index contributed by atoms with van der Waals surface area (Å²) in [5.41, 5.74) is 2.85. The summed E-state index contributed by atoms with van der Waals surface area (Å²) in [7, 11) is 0. The minimum absolute atomic E-state index is 0.0103. The Kier molecular flexibility index (Phi) is 7.67. The zero-order chi connectivity index (χ0) is 18.1. The maximum atomic E-state index is 12.1. The first-order valence-corrected chi connectivity index (χ1v) is 9.26. The number of hydrogen-bond donors (Lipinski definition) is 2. The summed E-state index contributed by atoms with van der Waals surface area (Å²) in [6.07, 6.45) is 2.46. The molecule has 25 heavy (non-hydrogen) atoms. The number of amides is 2. The lowest BCUT2D eigenvalue weighted by Gasteiger charge is -2.09. The molecule has 0 radical (unpaired) electrons. The molecule has 0 heterocycles. The van der Waals surface area contributed by atoms with E-state index in [0.717, 1.165) is 27.7 Å². The molecule has 0 atom stereocenters. The van der Waals surface area contributed by atoms with Crippen molar-refractivity contribution in [3.63, 3.8) is 0 Å². The van der Waals surface area contributed by atoms with Gasteiger partial charge in [-0.25, -0.2) is 0 Å². The maximum Gasteiger partial charge on any atom is 0.224 e. The lowest BCUT2D eigenvalue weighted by Crippen LogP contribution is -2.23. The Hall–Kier alpha value is -2.14. The number of aryl methyl sites for hydroxylation is 1. The van der Waals surface area contributed by atoms with Gasteiger partial charge in [0.05, 0.1) is 0 Å². The van der Waals surface area contributed by atoms with Gasteiger partial charge in [0.15, 0.2) is 0 Å². The second-order valence-corrected chi connectivity index (χ2v) is 6.72. The van der Waals surface area contributed by atoms with Crippen LogP contribution in [-0.4, -0.2) is 11.8 Å². The van der Waals surface area contributed by atoms with E-state index in [1.807, 2.05) is 55.5 Å². The fourth-order valence-corrected chi connectivity index (χ4v) is 2.93. The molecule has 0 unspecified atom stereocenters. The summed E-state index contributed by atoms with van der Waals surface area (Å²) < 4.78 is 1.03. The summed E-state index contributed by atoms with van der Waals surface area (Å²) in [5, 5.41) is 5.79. The van der Waals surface area contributed by atoms with Crippen LogP contribution in [0.25, 0.3) is 0 Å². The number of benzene rings is 2. The molecule has 0 aliphatic rings. The van der Waals surface area contributed by atoms with E-state index >= 15 is 0 Å². The third kappa shape index (κ3) is 6.70. The molecule has 0 aliphatic heterocycles. The number of carbonyl (C=O) groups excluding carboxylic acids is 2. The van der Waals surface area contributed by atoms with Gasteiger partial charge in [-0.05, 0) is 42.2 Å². The first kappa shape index (κ1) is 19.2. The van der Waals surface area contributed by atoms with E-state index in [4.69, 9.17) is 0 Å². The largest absolute Gasteiger partial charge is 0.352 e. The summed E-state index contributed by atoms with van der Waals surface area (Å²) >= 11 is 3.49. The van der Waals surface area contributed by atoms with E-state index < -0.39 is 0 Å². The molecule has 2 aromatic rings. The van der Waals surface area contributed by atoms with E-state index in [-0.39, 0.29) is 11.8 Å². The van der Waals surface area contributed by atoms with Crippen molar-refractivity contribution >= 4 is 33.4 Å². The highest BCUT2D eigenvalue weighted by molar-refractivity contribution is 9.10. The standard InChI is InChI=1S/C20H23BrN2O2/c1-2-6-20(25)23-17-9-5-7-15(13-17)14-22-19(24)12-11-16-8-3-4-10-18(16)21/h3-5,7-10,13H,2,6,11-12,14H2,1H3,(H,22,24)(H,23,25). The second-order valence-electron chi connectivity index (χ2n) is 5.87. The quantitative estimate of drug-likeness (QED) is 0.685. The molecule has 2 rings (SSSR count). The Morgan fingerprint density at radius 2 is 1.80 bits per heavy atom. The van der Waals surface area contributed by atoms with Crippen LogP contribution in [0.5, 0.6) is 0 Å². The summed E-state index contributed by atoms with van der Waals surface area (Å²) in [6.45, 7) is 2.42. The Morgan fingerprint density at radius 1 is 1.00 bits per heavy atom. The first-order chi connectivity index (χ1) is 12.1. The van der Waals surface area contributed by atoms with Gasteiger partial charge in [0.25, 0.3) is 0 Å². The smallest absolute Gasteiger partial charge is 0.224 e. The lowest BCUT2D eigenvalue weighted by atomic mass is 10.1. The van der Waals surface area contributed by atoms with Crippen LogP contribution in [0.3, 0.4) is 0 Å². The molecule has 2 aromatic carbocycles. The van der Waals surface area contributed by atoms with Gasteiger partial charge in [-0.1, -0.05) is 53.2 Å². The molecular formula is C20H23BrN2O2. The van der Waals surface area contributed by atoms with Gasteiger partial charge in [-0.2, -0.15) is 0 Å². The second kappa shape index (κ2) is 9.99. The Morgan fingerprint density at radius 3 is 2.56 bits per heavy atom. The highest BCUT2D eigenvalue weighted by Crippen LogP contribution is 2.17. The van der Waals surface area contributed by atoms with Gasteiger partial charge in [0.1, 0.15) is 0 Å². The van der Waals surface area contributed by atoms with Crippen molar-refractivity contribution in [2.24, 2.45) is 0 Å². The number of anilines is 1. The van der Waals surface area contributed by atoms with Crippen LogP contribution < -0.4 is 10.6 Å². The van der Waals surface area contributed by atoms with Crippen molar-refractivity contribution in [3.8, 4) is 0 Å². The predicted octanol–water partition coefficient (Wildman–Crippen LogP) is 4.44. The summed E-state index contributed by atoms with van der Waals surface area (Å²) in [6, 6.07) is 15.5. The molecule has 132 valence electrons. The van der Waals surface area contributed by atoms with E-state index in [2.05, 4.69) is 26.6 Å². The van der Waals surface area contributed by atoms with Crippen LogP contribution in [0.2, 0.25) is 0 Å². The van der Waals surface area contributed by atoms with Crippen molar-refractivity contribution in [3.05, 3.63) is 64.1 Å². The van der Waals surface area contributed by atoms with Crippen LogP contribution in [0, 0.1) is 0 Å². The van der Waals surface area contributed by atoms with Gasteiger partial charge < -0.3 is 10.6 Å². The molecule has 2 N–H and O–H groups in total. The SMILES string of the molecule is CCCC(=O)Nc1cccc(CNC(=O)CCc2ccccc2Br)c1. The molecule has 0 fully saturated rings. The molecule has 0 spiro atoms. The molecule has 2 amide bonds. The molecule has 0 bridgehead atoms. The normalized spacial score (nSPS) is 10.3. The minimum atomic E-state index is 0.0103. The van der Waals surface area contributed by atoms with Crippen molar-refractivity contribution < 1.29 is 9.59 Å². The molecule has 5 heteroatoms. The van der Waals surface area contributed by atoms with Crippen molar-refractivity contribution in [2.75, 3.05) is 5.32 Å². The van der Waals surface area contributed by atoms with E-state index in [1.54, 1.807) is 0 Å². The highest BCUT2D eigenvalue weighted by atomic mass is 79.9. The number of hydrogen-bond acceptors (Lipinski definition) is 2. The van der Waals surface area contributed by atoms with Gasteiger partial charge in [-0.15, -0.1) is 0 Å². The number of rotatable bonds is 8. The van der Waals surface area contributed by atoms with Gasteiger partial charge >= 0.3 is 0 Å². The zero-order valence-corrected chi connectivity index (χ0v) is 15.9. The number of nitrogens with one attached hydrogen (secondary N) is 2. The number of halogens is 1.